The quantitative estimate of drug-likeness (QED) is 0.663. The summed E-state index contributed by atoms with van der Waals surface area (Å²) in [6.07, 6.45) is -0.107. The van der Waals surface area contributed by atoms with E-state index in [0.29, 0.717) is 12.7 Å². The topological polar surface area (TPSA) is 84.5 Å². The first-order chi connectivity index (χ1) is 13.2. The highest BCUT2D eigenvalue weighted by atomic mass is 32.2. The van der Waals surface area contributed by atoms with Gasteiger partial charge in [-0.3, -0.25) is 4.79 Å². The van der Waals surface area contributed by atoms with Crippen LogP contribution in [0.15, 0.2) is 47.4 Å². The van der Waals surface area contributed by atoms with Crippen LogP contribution in [-0.2, 0) is 14.8 Å². The van der Waals surface area contributed by atoms with Gasteiger partial charge in [0.05, 0.1) is 17.5 Å². The van der Waals surface area contributed by atoms with Gasteiger partial charge in [0, 0.05) is 13.0 Å². The Hall–Kier alpha value is -2.52. The van der Waals surface area contributed by atoms with E-state index in [0.717, 1.165) is 23.4 Å². The van der Waals surface area contributed by atoms with E-state index in [1.807, 2.05) is 19.1 Å². The molecule has 0 saturated heterocycles. The minimum Gasteiger partial charge on any atom is -0.494 e. The number of hydrogen-bond donors (Lipinski definition) is 2. The number of sulfonamides is 1. The number of benzene rings is 2. The minimum absolute atomic E-state index is 0.107. The van der Waals surface area contributed by atoms with Crippen LogP contribution < -0.4 is 14.8 Å². The van der Waals surface area contributed by atoms with Crippen LogP contribution in [0.4, 0.5) is 8.78 Å². The monoisotopic (exact) mass is 412 g/mol. The van der Waals surface area contributed by atoms with Gasteiger partial charge in [-0.1, -0.05) is 12.1 Å². The van der Waals surface area contributed by atoms with Gasteiger partial charge in [-0.15, -0.1) is 0 Å². The van der Waals surface area contributed by atoms with E-state index >= 15 is 0 Å². The van der Waals surface area contributed by atoms with Crippen molar-refractivity contribution in [2.24, 2.45) is 0 Å². The minimum atomic E-state index is -4.04. The predicted octanol–water partition coefficient (Wildman–Crippen LogP) is 2.91. The molecule has 0 radical (unpaired) electrons. The predicted molar refractivity (Wildman–Crippen MR) is 100 cm³/mol. The summed E-state index contributed by atoms with van der Waals surface area (Å²) in [5, 5.41) is 2.77. The van der Waals surface area contributed by atoms with Gasteiger partial charge in [0.15, 0.2) is 11.6 Å². The summed E-state index contributed by atoms with van der Waals surface area (Å²) >= 11 is 0. The number of rotatable bonds is 9. The molecule has 0 heterocycles. The summed E-state index contributed by atoms with van der Waals surface area (Å²) in [6.45, 7) is 4.08. The summed E-state index contributed by atoms with van der Waals surface area (Å²) in [5.41, 5.74) is 0.874. The number of halogens is 2. The van der Waals surface area contributed by atoms with Crippen molar-refractivity contribution in [1.29, 1.82) is 0 Å². The summed E-state index contributed by atoms with van der Waals surface area (Å²) in [5.74, 6) is -2.02. The molecule has 28 heavy (non-hydrogen) atoms. The zero-order chi connectivity index (χ0) is 20.7. The lowest BCUT2D eigenvalue weighted by Crippen LogP contribution is -2.32. The first kappa shape index (κ1) is 21.8. The maximum absolute atomic E-state index is 13.2. The third-order valence-corrected chi connectivity index (χ3v) is 5.37. The molecule has 1 unspecified atom stereocenters. The number of ether oxygens (including phenoxy) is 1. The second-order valence-corrected chi connectivity index (χ2v) is 7.78. The fourth-order valence-corrected chi connectivity index (χ4v) is 3.49. The zero-order valence-corrected chi connectivity index (χ0v) is 16.4. The fraction of sp³-hybridized carbons (Fsp3) is 0.316. The van der Waals surface area contributed by atoms with Crippen LogP contribution >= 0.6 is 0 Å². The lowest BCUT2D eigenvalue weighted by atomic mass is 10.1. The molecule has 1 atom stereocenters. The molecule has 152 valence electrons. The van der Waals surface area contributed by atoms with Gasteiger partial charge in [0.25, 0.3) is 0 Å². The molecule has 0 spiro atoms. The van der Waals surface area contributed by atoms with E-state index < -0.39 is 26.6 Å². The Balaban J connectivity index is 1.85. The SMILES string of the molecule is CCOc1ccc(C(C)NC(=O)CCNS(=O)(=O)c2ccc(F)c(F)c2)cc1. The van der Waals surface area contributed by atoms with Crippen molar-refractivity contribution >= 4 is 15.9 Å². The second-order valence-electron chi connectivity index (χ2n) is 6.01. The summed E-state index contributed by atoms with van der Waals surface area (Å²) in [4.78, 5) is 11.6. The van der Waals surface area contributed by atoms with Gasteiger partial charge in [0.2, 0.25) is 15.9 Å². The first-order valence-electron chi connectivity index (χ1n) is 8.69. The van der Waals surface area contributed by atoms with Crippen molar-refractivity contribution in [2.45, 2.75) is 31.2 Å². The van der Waals surface area contributed by atoms with Gasteiger partial charge in [-0.05, 0) is 49.7 Å². The lowest BCUT2D eigenvalue weighted by Gasteiger charge is -2.15. The fourth-order valence-electron chi connectivity index (χ4n) is 2.44. The molecule has 1 amide bonds. The number of hydrogen-bond acceptors (Lipinski definition) is 4. The van der Waals surface area contributed by atoms with E-state index in [4.69, 9.17) is 4.74 Å². The highest BCUT2D eigenvalue weighted by molar-refractivity contribution is 7.89. The van der Waals surface area contributed by atoms with Gasteiger partial charge in [0.1, 0.15) is 5.75 Å². The molecule has 9 heteroatoms. The Morgan fingerprint density at radius 2 is 1.79 bits per heavy atom. The van der Waals surface area contributed by atoms with Crippen molar-refractivity contribution in [3.8, 4) is 5.75 Å². The van der Waals surface area contributed by atoms with Crippen LogP contribution in [0.2, 0.25) is 0 Å². The highest BCUT2D eigenvalue weighted by Crippen LogP contribution is 2.18. The number of carbonyl (C=O) groups is 1. The van der Waals surface area contributed by atoms with Crippen molar-refractivity contribution in [3.63, 3.8) is 0 Å². The van der Waals surface area contributed by atoms with Crippen LogP contribution in [0.25, 0.3) is 0 Å². The van der Waals surface area contributed by atoms with E-state index in [9.17, 15) is 22.0 Å². The van der Waals surface area contributed by atoms with Crippen LogP contribution in [0, 0.1) is 11.6 Å². The summed E-state index contributed by atoms with van der Waals surface area (Å²) < 4.78 is 57.8. The largest absolute Gasteiger partial charge is 0.494 e. The average molecular weight is 412 g/mol. The molecule has 2 rings (SSSR count). The van der Waals surface area contributed by atoms with Gasteiger partial charge in [-0.25, -0.2) is 21.9 Å². The van der Waals surface area contributed by atoms with E-state index in [-0.39, 0.29) is 24.9 Å². The van der Waals surface area contributed by atoms with Crippen LogP contribution in [0.1, 0.15) is 31.9 Å². The molecular weight excluding hydrogens is 390 g/mol. The lowest BCUT2D eigenvalue weighted by molar-refractivity contribution is -0.121. The number of nitrogens with one attached hydrogen (secondary N) is 2. The van der Waals surface area contributed by atoms with Crippen molar-refractivity contribution < 1.29 is 26.7 Å². The molecule has 0 saturated carbocycles. The van der Waals surface area contributed by atoms with Crippen molar-refractivity contribution in [1.82, 2.24) is 10.0 Å². The third kappa shape index (κ3) is 6.00. The van der Waals surface area contributed by atoms with E-state index in [1.54, 1.807) is 19.1 Å². The van der Waals surface area contributed by atoms with Gasteiger partial charge < -0.3 is 10.1 Å². The molecule has 0 aromatic heterocycles. The second kappa shape index (κ2) is 9.61. The molecule has 2 aromatic rings. The molecule has 0 aliphatic heterocycles. The van der Waals surface area contributed by atoms with Gasteiger partial charge >= 0.3 is 0 Å². The molecule has 0 aliphatic rings. The van der Waals surface area contributed by atoms with Gasteiger partial charge in [-0.2, -0.15) is 0 Å². The highest BCUT2D eigenvalue weighted by Gasteiger charge is 2.17. The maximum Gasteiger partial charge on any atom is 0.240 e. The molecular formula is C19H22F2N2O4S. The van der Waals surface area contributed by atoms with E-state index in [1.165, 1.54) is 0 Å². The molecule has 2 aromatic carbocycles. The average Bonchev–Trinajstić information content (AvgIpc) is 2.64. The van der Waals surface area contributed by atoms with Crippen LogP contribution in [0.3, 0.4) is 0 Å². The Bertz CT molecular complexity index is 918. The van der Waals surface area contributed by atoms with Crippen molar-refractivity contribution in [3.05, 3.63) is 59.7 Å². The number of carbonyl (C=O) groups excluding carboxylic acids is 1. The summed E-state index contributed by atoms with van der Waals surface area (Å²) in [6, 6.07) is 9.28. The molecule has 6 nitrogen and oxygen atoms in total. The Morgan fingerprint density at radius 3 is 2.39 bits per heavy atom. The first-order valence-corrected chi connectivity index (χ1v) is 10.2. The summed E-state index contributed by atoms with van der Waals surface area (Å²) in [7, 11) is -4.04. The molecule has 2 N–H and O–H groups in total. The van der Waals surface area contributed by atoms with Crippen LogP contribution in [-0.4, -0.2) is 27.5 Å². The molecule has 0 aliphatic carbocycles. The Morgan fingerprint density at radius 1 is 1.11 bits per heavy atom. The Kier molecular flexibility index (Phi) is 7.47. The van der Waals surface area contributed by atoms with E-state index in [2.05, 4.69) is 10.0 Å². The molecule has 0 bridgehead atoms. The number of amides is 1. The smallest absolute Gasteiger partial charge is 0.240 e. The zero-order valence-electron chi connectivity index (χ0n) is 15.5. The molecule has 0 fully saturated rings. The normalized spacial score (nSPS) is 12.4. The third-order valence-electron chi connectivity index (χ3n) is 3.91. The maximum atomic E-state index is 13.2. The Labute approximate surface area is 163 Å². The standard InChI is InChI=1S/C19H22F2N2O4S/c1-3-27-15-6-4-14(5-7-15)13(2)23-19(24)10-11-22-28(25,26)16-8-9-17(20)18(21)12-16/h4-9,12-13,22H,3,10-11H2,1-2H3,(H,23,24). The van der Waals surface area contributed by atoms with Crippen LogP contribution in [0.5, 0.6) is 5.75 Å². The van der Waals surface area contributed by atoms with Crippen molar-refractivity contribution in [2.75, 3.05) is 13.2 Å².